The van der Waals surface area contributed by atoms with E-state index in [0.29, 0.717) is 12.8 Å². The lowest BCUT2D eigenvalue weighted by Gasteiger charge is -2.39. The summed E-state index contributed by atoms with van der Waals surface area (Å²) < 4.78 is 0. The zero-order valence-electron chi connectivity index (χ0n) is 13.2. The maximum Gasteiger partial charge on any atom is 0.234 e. The van der Waals surface area contributed by atoms with Crippen LogP contribution in [0.15, 0.2) is 5.16 Å². The van der Waals surface area contributed by atoms with Gasteiger partial charge in [0.05, 0.1) is 0 Å². The van der Waals surface area contributed by atoms with Crippen molar-refractivity contribution in [1.29, 1.82) is 0 Å². The molecule has 0 radical (unpaired) electrons. The van der Waals surface area contributed by atoms with Crippen LogP contribution < -0.4 is 11.1 Å². The van der Waals surface area contributed by atoms with Crippen molar-refractivity contribution >= 4 is 11.7 Å². The third-order valence-corrected chi connectivity index (χ3v) is 5.36. The molecule has 0 aliphatic heterocycles. The molecule has 0 spiro atoms. The quantitative estimate of drug-likeness (QED) is 0.246. The van der Waals surface area contributed by atoms with Gasteiger partial charge in [-0.1, -0.05) is 50.1 Å². The number of amidine groups is 1. The van der Waals surface area contributed by atoms with Gasteiger partial charge in [0.15, 0.2) is 5.84 Å². The van der Waals surface area contributed by atoms with Gasteiger partial charge >= 0.3 is 0 Å². The number of amides is 1. The highest BCUT2D eigenvalue weighted by molar-refractivity contribution is 6.07. The highest BCUT2D eigenvalue weighted by Gasteiger charge is 2.45. The monoisotopic (exact) mass is 295 g/mol. The van der Waals surface area contributed by atoms with E-state index in [9.17, 15) is 4.79 Å². The van der Waals surface area contributed by atoms with Gasteiger partial charge in [0.25, 0.3) is 0 Å². The van der Waals surface area contributed by atoms with Crippen LogP contribution in [0.25, 0.3) is 0 Å². The molecule has 0 aromatic heterocycles. The van der Waals surface area contributed by atoms with Crippen molar-refractivity contribution in [3.63, 3.8) is 0 Å². The summed E-state index contributed by atoms with van der Waals surface area (Å²) in [7, 11) is 0. The van der Waals surface area contributed by atoms with Gasteiger partial charge in [-0.15, -0.1) is 0 Å². The molecule has 4 N–H and O–H groups in total. The SMILES string of the molecule is CC1(NC(=O)C2(C(N)=NO)CCCCCC2)CCCCC1. The number of carbonyl (C=O) groups is 1. The average molecular weight is 295 g/mol. The molecular weight excluding hydrogens is 266 g/mol. The molecule has 5 nitrogen and oxygen atoms in total. The molecule has 0 aromatic carbocycles. The number of oxime groups is 1. The summed E-state index contributed by atoms with van der Waals surface area (Å²) in [6.07, 6.45) is 11.1. The van der Waals surface area contributed by atoms with Crippen molar-refractivity contribution in [2.75, 3.05) is 0 Å². The fourth-order valence-corrected chi connectivity index (χ4v) is 3.88. The minimum absolute atomic E-state index is 0.0379. The van der Waals surface area contributed by atoms with Crippen LogP contribution in [0.3, 0.4) is 0 Å². The van der Waals surface area contributed by atoms with Gasteiger partial charge in [0.2, 0.25) is 5.91 Å². The molecule has 0 unspecified atom stereocenters. The molecule has 120 valence electrons. The Hall–Kier alpha value is -1.26. The first-order chi connectivity index (χ1) is 10.0. The Morgan fingerprint density at radius 3 is 2.00 bits per heavy atom. The van der Waals surface area contributed by atoms with E-state index in [2.05, 4.69) is 17.4 Å². The molecule has 2 aliphatic carbocycles. The summed E-state index contributed by atoms with van der Waals surface area (Å²) in [5.41, 5.74) is 4.99. The van der Waals surface area contributed by atoms with Crippen molar-refractivity contribution in [1.82, 2.24) is 5.32 Å². The van der Waals surface area contributed by atoms with Crippen molar-refractivity contribution in [2.45, 2.75) is 83.1 Å². The summed E-state index contributed by atoms with van der Waals surface area (Å²) in [4.78, 5) is 13.0. The summed E-state index contributed by atoms with van der Waals surface area (Å²) in [5, 5.41) is 15.6. The fraction of sp³-hybridized carbons (Fsp3) is 0.875. The van der Waals surface area contributed by atoms with Crippen molar-refractivity contribution in [2.24, 2.45) is 16.3 Å². The molecule has 1 amide bonds. The molecule has 0 saturated heterocycles. The Morgan fingerprint density at radius 2 is 1.48 bits per heavy atom. The minimum atomic E-state index is -0.814. The van der Waals surface area contributed by atoms with Crippen LogP contribution in [0.2, 0.25) is 0 Å². The first kappa shape index (κ1) is 16.1. The molecule has 5 heteroatoms. The van der Waals surface area contributed by atoms with E-state index in [4.69, 9.17) is 10.9 Å². The van der Waals surface area contributed by atoms with Crippen LogP contribution >= 0.6 is 0 Å². The molecule has 2 aliphatic rings. The summed E-state index contributed by atoms with van der Waals surface area (Å²) >= 11 is 0. The molecule has 2 saturated carbocycles. The first-order valence-corrected chi connectivity index (χ1v) is 8.33. The second-order valence-electron chi connectivity index (χ2n) is 7.06. The average Bonchev–Trinajstić information content (AvgIpc) is 2.73. The van der Waals surface area contributed by atoms with Crippen LogP contribution in [0.1, 0.15) is 77.6 Å². The molecule has 21 heavy (non-hydrogen) atoms. The standard InChI is InChI=1S/C16H29N3O2/c1-15(9-5-4-6-10-15)18-14(20)16(13(17)19-21)11-7-2-3-8-12-16/h21H,2-12H2,1H3,(H2,17,19)(H,18,20). The predicted octanol–water partition coefficient (Wildman–Crippen LogP) is 2.91. The molecule has 0 atom stereocenters. The van der Waals surface area contributed by atoms with Crippen molar-refractivity contribution < 1.29 is 10.0 Å². The van der Waals surface area contributed by atoms with Crippen LogP contribution in [0.4, 0.5) is 0 Å². The summed E-state index contributed by atoms with van der Waals surface area (Å²) in [6, 6.07) is 0. The topological polar surface area (TPSA) is 87.7 Å². The number of carbonyl (C=O) groups excluding carboxylic acids is 1. The molecule has 0 aromatic rings. The lowest BCUT2D eigenvalue weighted by Crippen LogP contribution is -2.56. The van der Waals surface area contributed by atoms with Gasteiger partial charge in [-0.3, -0.25) is 4.79 Å². The Balaban J connectivity index is 2.17. The third-order valence-electron chi connectivity index (χ3n) is 5.36. The number of hydrogen-bond acceptors (Lipinski definition) is 3. The number of rotatable bonds is 3. The number of nitrogens with zero attached hydrogens (tertiary/aromatic N) is 1. The molecular formula is C16H29N3O2. The Morgan fingerprint density at radius 1 is 1.00 bits per heavy atom. The Bertz CT molecular complexity index is 392. The Labute approximate surface area is 127 Å². The molecule has 2 rings (SSSR count). The first-order valence-electron chi connectivity index (χ1n) is 8.33. The maximum absolute atomic E-state index is 13.0. The highest BCUT2D eigenvalue weighted by Crippen LogP contribution is 2.37. The lowest BCUT2D eigenvalue weighted by atomic mass is 9.76. The number of nitrogens with two attached hydrogens (primary N) is 1. The van der Waals surface area contributed by atoms with Crippen LogP contribution in [-0.2, 0) is 4.79 Å². The van der Waals surface area contributed by atoms with Crippen molar-refractivity contribution in [3.8, 4) is 0 Å². The fourth-order valence-electron chi connectivity index (χ4n) is 3.88. The second-order valence-corrected chi connectivity index (χ2v) is 7.06. The van der Waals surface area contributed by atoms with Crippen LogP contribution in [-0.4, -0.2) is 22.5 Å². The van der Waals surface area contributed by atoms with Crippen LogP contribution in [0.5, 0.6) is 0 Å². The summed E-state index contributed by atoms with van der Waals surface area (Å²) in [6.45, 7) is 2.13. The summed E-state index contributed by atoms with van der Waals surface area (Å²) in [5.74, 6) is 0.0467. The number of nitrogens with one attached hydrogen (secondary N) is 1. The van der Waals surface area contributed by atoms with Gasteiger partial charge in [-0.25, -0.2) is 0 Å². The van der Waals surface area contributed by atoms with E-state index in [1.807, 2.05) is 0 Å². The third kappa shape index (κ3) is 3.50. The smallest absolute Gasteiger partial charge is 0.234 e. The zero-order chi connectivity index (χ0) is 15.3. The van der Waals surface area contributed by atoms with E-state index in [-0.39, 0.29) is 17.3 Å². The van der Waals surface area contributed by atoms with E-state index in [0.717, 1.165) is 51.4 Å². The zero-order valence-corrected chi connectivity index (χ0v) is 13.2. The van der Waals surface area contributed by atoms with Crippen LogP contribution in [0, 0.1) is 5.41 Å². The normalized spacial score (nSPS) is 25.9. The van der Waals surface area contributed by atoms with Gasteiger partial charge < -0.3 is 16.3 Å². The molecule has 0 bridgehead atoms. The Kier molecular flexibility index (Phi) is 5.12. The van der Waals surface area contributed by atoms with E-state index in [1.165, 1.54) is 6.42 Å². The largest absolute Gasteiger partial charge is 0.409 e. The molecule has 2 fully saturated rings. The second kappa shape index (κ2) is 6.67. The van der Waals surface area contributed by atoms with E-state index in [1.54, 1.807) is 0 Å². The van der Waals surface area contributed by atoms with Gasteiger partial charge in [0, 0.05) is 5.54 Å². The van der Waals surface area contributed by atoms with E-state index >= 15 is 0 Å². The van der Waals surface area contributed by atoms with Crippen molar-refractivity contribution in [3.05, 3.63) is 0 Å². The molecule has 0 heterocycles. The maximum atomic E-state index is 13.0. The predicted molar refractivity (Wildman–Crippen MR) is 83.2 cm³/mol. The minimum Gasteiger partial charge on any atom is -0.409 e. The van der Waals surface area contributed by atoms with Gasteiger partial charge in [-0.2, -0.15) is 0 Å². The van der Waals surface area contributed by atoms with E-state index < -0.39 is 5.41 Å². The van der Waals surface area contributed by atoms with Gasteiger partial charge in [-0.05, 0) is 32.6 Å². The number of hydrogen-bond donors (Lipinski definition) is 3. The van der Waals surface area contributed by atoms with Gasteiger partial charge in [0.1, 0.15) is 5.41 Å². The lowest BCUT2D eigenvalue weighted by molar-refractivity contribution is -0.130. The highest BCUT2D eigenvalue weighted by atomic mass is 16.4.